The maximum absolute atomic E-state index is 5.87. The highest BCUT2D eigenvalue weighted by molar-refractivity contribution is 5.33. The molecule has 1 fully saturated rings. The maximum Gasteiger partial charge on any atom is 0.123 e. The molecule has 1 aliphatic rings. The van der Waals surface area contributed by atoms with Gasteiger partial charge in [-0.15, -0.1) is 0 Å². The van der Waals surface area contributed by atoms with E-state index in [4.69, 9.17) is 10.5 Å². The predicted octanol–water partition coefficient (Wildman–Crippen LogP) is 1.86. The molecule has 3 heteroatoms. The zero-order valence-corrected chi connectivity index (χ0v) is 10.7. The lowest BCUT2D eigenvalue weighted by atomic mass is 10.1. The fourth-order valence-corrected chi connectivity index (χ4v) is 2.43. The second kappa shape index (κ2) is 5.52. The van der Waals surface area contributed by atoms with Crippen molar-refractivity contribution in [3.63, 3.8) is 0 Å². The molecule has 17 heavy (non-hydrogen) atoms. The second-order valence-corrected chi connectivity index (χ2v) is 4.87. The summed E-state index contributed by atoms with van der Waals surface area (Å²) in [5.74, 6) is 1.77. The Hall–Kier alpha value is -1.06. The highest BCUT2D eigenvalue weighted by Crippen LogP contribution is 2.35. The zero-order valence-electron chi connectivity index (χ0n) is 10.7. The lowest BCUT2D eigenvalue weighted by Crippen LogP contribution is -2.39. The summed E-state index contributed by atoms with van der Waals surface area (Å²) in [6, 6.07) is 8.71. The third-order valence-electron chi connectivity index (χ3n) is 3.59. The standard InChI is InChI=1S/C14H22N2O/c1-16(13(9-15)11-7-8-11)10-12-5-3-4-6-14(12)17-2/h3-6,11,13H,7-10,15H2,1-2H3. The van der Waals surface area contributed by atoms with Crippen LogP contribution in [0, 0.1) is 5.92 Å². The third kappa shape index (κ3) is 2.99. The van der Waals surface area contributed by atoms with Crippen molar-refractivity contribution in [2.24, 2.45) is 11.7 Å². The first-order valence-corrected chi connectivity index (χ1v) is 6.28. The van der Waals surface area contributed by atoms with Crippen molar-refractivity contribution < 1.29 is 4.74 Å². The fourth-order valence-electron chi connectivity index (χ4n) is 2.43. The van der Waals surface area contributed by atoms with Gasteiger partial charge in [0.25, 0.3) is 0 Å². The summed E-state index contributed by atoms with van der Waals surface area (Å²) in [5.41, 5.74) is 7.10. The quantitative estimate of drug-likeness (QED) is 0.816. The highest BCUT2D eigenvalue weighted by Gasteiger charge is 2.32. The first-order valence-electron chi connectivity index (χ1n) is 6.28. The van der Waals surface area contributed by atoms with E-state index in [2.05, 4.69) is 24.1 Å². The van der Waals surface area contributed by atoms with Gasteiger partial charge in [0.2, 0.25) is 0 Å². The molecule has 0 aliphatic heterocycles. The lowest BCUT2D eigenvalue weighted by molar-refractivity contribution is 0.213. The van der Waals surface area contributed by atoms with Gasteiger partial charge in [0.1, 0.15) is 5.75 Å². The van der Waals surface area contributed by atoms with E-state index in [0.717, 1.165) is 24.8 Å². The van der Waals surface area contributed by atoms with Crippen LogP contribution in [0.5, 0.6) is 5.75 Å². The summed E-state index contributed by atoms with van der Waals surface area (Å²) in [7, 11) is 3.88. The highest BCUT2D eigenvalue weighted by atomic mass is 16.5. The molecule has 0 aromatic heterocycles. The van der Waals surface area contributed by atoms with Crippen LogP contribution in [0.3, 0.4) is 0 Å². The summed E-state index contributed by atoms with van der Waals surface area (Å²) in [4.78, 5) is 2.36. The number of nitrogens with two attached hydrogens (primary N) is 1. The number of hydrogen-bond acceptors (Lipinski definition) is 3. The van der Waals surface area contributed by atoms with Gasteiger partial charge in [0.15, 0.2) is 0 Å². The van der Waals surface area contributed by atoms with Crippen molar-refractivity contribution >= 4 is 0 Å². The van der Waals surface area contributed by atoms with Crippen LogP contribution in [0.1, 0.15) is 18.4 Å². The molecule has 94 valence electrons. The van der Waals surface area contributed by atoms with Gasteiger partial charge in [-0.2, -0.15) is 0 Å². The van der Waals surface area contributed by atoms with Crippen LogP contribution in [0.4, 0.5) is 0 Å². The number of ether oxygens (including phenoxy) is 1. The van der Waals surface area contributed by atoms with Crippen molar-refractivity contribution in [2.75, 3.05) is 20.7 Å². The second-order valence-electron chi connectivity index (χ2n) is 4.87. The van der Waals surface area contributed by atoms with Crippen LogP contribution < -0.4 is 10.5 Å². The molecule has 2 N–H and O–H groups in total. The van der Waals surface area contributed by atoms with Gasteiger partial charge in [-0.3, -0.25) is 4.90 Å². The van der Waals surface area contributed by atoms with Gasteiger partial charge >= 0.3 is 0 Å². The SMILES string of the molecule is COc1ccccc1CN(C)C(CN)C1CC1. The molecule has 0 bridgehead atoms. The largest absolute Gasteiger partial charge is 0.496 e. The molecule has 1 saturated carbocycles. The van der Waals surface area contributed by atoms with Crippen LogP contribution in [0.15, 0.2) is 24.3 Å². The number of hydrogen-bond donors (Lipinski definition) is 1. The monoisotopic (exact) mass is 234 g/mol. The van der Waals surface area contributed by atoms with Crippen LogP contribution in [0.2, 0.25) is 0 Å². The molecule has 0 spiro atoms. The van der Waals surface area contributed by atoms with Crippen molar-refractivity contribution in [1.82, 2.24) is 4.90 Å². The van der Waals surface area contributed by atoms with E-state index in [-0.39, 0.29) is 0 Å². The van der Waals surface area contributed by atoms with Gasteiger partial charge in [0, 0.05) is 24.7 Å². The fraction of sp³-hybridized carbons (Fsp3) is 0.571. The van der Waals surface area contributed by atoms with Gasteiger partial charge < -0.3 is 10.5 Å². The molecule has 0 amide bonds. The van der Waals surface area contributed by atoms with Crippen molar-refractivity contribution in [3.05, 3.63) is 29.8 Å². The molecule has 0 saturated heterocycles. The minimum atomic E-state index is 0.514. The van der Waals surface area contributed by atoms with E-state index in [0.29, 0.717) is 6.04 Å². The summed E-state index contributed by atoms with van der Waals surface area (Å²) < 4.78 is 5.38. The van der Waals surface area contributed by atoms with Crippen molar-refractivity contribution in [2.45, 2.75) is 25.4 Å². The lowest BCUT2D eigenvalue weighted by Gasteiger charge is -2.27. The molecular weight excluding hydrogens is 212 g/mol. The Balaban J connectivity index is 2.03. The van der Waals surface area contributed by atoms with Crippen molar-refractivity contribution in [1.29, 1.82) is 0 Å². The molecule has 1 aromatic rings. The molecule has 0 radical (unpaired) electrons. The van der Waals surface area contributed by atoms with Crippen LogP contribution in [-0.2, 0) is 6.54 Å². The molecular formula is C14H22N2O. The molecule has 1 aromatic carbocycles. The van der Waals surface area contributed by atoms with Gasteiger partial charge in [-0.25, -0.2) is 0 Å². The number of rotatable bonds is 6. The average Bonchev–Trinajstić information content (AvgIpc) is 3.15. The van der Waals surface area contributed by atoms with E-state index in [1.165, 1.54) is 18.4 Å². The van der Waals surface area contributed by atoms with Gasteiger partial charge in [-0.1, -0.05) is 18.2 Å². The Morgan fingerprint density at radius 3 is 2.71 bits per heavy atom. The molecule has 1 aliphatic carbocycles. The number of benzene rings is 1. The van der Waals surface area contributed by atoms with Crippen LogP contribution in [0.25, 0.3) is 0 Å². The van der Waals surface area contributed by atoms with Crippen molar-refractivity contribution in [3.8, 4) is 5.75 Å². The number of para-hydroxylation sites is 1. The Kier molecular flexibility index (Phi) is 4.02. The summed E-state index contributed by atoms with van der Waals surface area (Å²) in [5, 5.41) is 0. The molecule has 1 atom stereocenters. The minimum absolute atomic E-state index is 0.514. The Bertz CT molecular complexity index is 363. The Morgan fingerprint density at radius 1 is 1.41 bits per heavy atom. The summed E-state index contributed by atoms with van der Waals surface area (Å²) in [6.45, 7) is 1.65. The Morgan fingerprint density at radius 2 is 2.12 bits per heavy atom. The van der Waals surface area contributed by atoms with Gasteiger partial charge in [0.05, 0.1) is 7.11 Å². The molecule has 2 rings (SSSR count). The Labute approximate surface area is 104 Å². The van der Waals surface area contributed by atoms with E-state index in [1.54, 1.807) is 7.11 Å². The first-order chi connectivity index (χ1) is 8.26. The summed E-state index contributed by atoms with van der Waals surface area (Å²) in [6.07, 6.45) is 2.66. The maximum atomic E-state index is 5.87. The van der Waals surface area contributed by atoms with E-state index in [9.17, 15) is 0 Å². The third-order valence-corrected chi connectivity index (χ3v) is 3.59. The predicted molar refractivity (Wildman–Crippen MR) is 70.0 cm³/mol. The van der Waals surface area contributed by atoms with Gasteiger partial charge in [-0.05, 0) is 31.9 Å². The van der Waals surface area contributed by atoms with E-state index >= 15 is 0 Å². The average molecular weight is 234 g/mol. The van der Waals surface area contributed by atoms with Crippen LogP contribution in [-0.4, -0.2) is 31.6 Å². The first kappa shape index (κ1) is 12.4. The number of likely N-dealkylation sites (N-methyl/N-ethyl adjacent to an activating group) is 1. The normalized spacial score (nSPS) is 17.2. The number of methoxy groups -OCH3 is 1. The molecule has 0 heterocycles. The van der Waals surface area contributed by atoms with E-state index in [1.807, 2.05) is 12.1 Å². The minimum Gasteiger partial charge on any atom is -0.496 e. The van der Waals surface area contributed by atoms with E-state index < -0.39 is 0 Å². The summed E-state index contributed by atoms with van der Waals surface area (Å²) >= 11 is 0. The molecule has 3 nitrogen and oxygen atoms in total. The number of nitrogens with zero attached hydrogens (tertiary/aromatic N) is 1. The smallest absolute Gasteiger partial charge is 0.123 e. The van der Waals surface area contributed by atoms with Crippen LogP contribution >= 0.6 is 0 Å². The molecule has 1 unspecified atom stereocenters. The zero-order chi connectivity index (χ0) is 12.3. The topological polar surface area (TPSA) is 38.5 Å².